The van der Waals surface area contributed by atoms with Gasteiger partial charge < -0.3 is 4.74 Å². The fourth-order valence-electron chi connectivity index (χ4n) is 1.68. The molecule has 5 heteroatoms. The lowest BCUT2D eigenvalue weighted by molar-refractivity contribution is 0.0433. The number of rotatable bonds is 2. The number of hydrogen-bond donors (Lipinski definition) is 0. The van der Waals surface area contributed by atoms with Crippen molar-refractivity contribution in [1.82, 2.24) is 0 Å². The first-order valence-electron chi connectivity index (χ1n) is 4.72. The lowest BCUT2D eigenvalue weighted by Gasteiger charge is -2.08. The van der Waals surface area contributed by atoms with Crippen LogP contribution in [0.15, 0.2) is 13.6 Å². The molecule has 2 heterocycles. The molecule has 82 valence electrons. The van der Waals surface area contributed by atoms with Crippen molar-refractivity contribution in [3.63, 3.8) is 0 Å². The highest BCUT2D eigenvalue weighted by atomic mass is 79.9. The van der Waals surface area contributed by atoms with E-state index >= 15 is 0 Å². The lowest BCUT2D eigenvalue weighted by atomic mass is 10.1. The molecule has 1 aliphatic heterocycles. The zero-order valence-electron chi connectivity index (χ0n) is 8.13. The molecule has 2 atom stereocenters. The Bertz CT molecular complexity index is 389. The number of ether oxygens (including phenoxy) is 1. The Morgan fingerprint density at radius 3 is 2.73 bits per heavy atom. The van der Waals surface area contributed by atoms with Gasteiger partial charge in [-0.15, -0.1) is 11.3 Å². The first kappa shape index (κ1) is 11.8. The maximum atomic E-state index is 12.1. The average Bonchev–Trinajstić information content (AvgIpc) is 2.71. The topological polar surface area (TPSA) is 26.3 Å². The molecule has 2 nitrogen and oxygen atoms in total. The van der Waals surface area contributed by atoms with Crippen LogP contribution in [0.1, 0.15) is 30.1 Å². The van der Waals surface area contributed by atoms with Gasteiger partial charge in [-0.3, -0.25) is 4.79 Å². The molecule has 0 bridgehead atoms. The molecule has 1 aromatic heterocycles. The van der Waals surface area contributed by atoms with E-state index in [1.807, 2.05) is 13.0 Å². The number of carbonyl (C=O) groups excluding carboxylic acids is 1. The van der Waals surface area contributed by atoms with E-state index in [1.54, 1.807) is 0 Å². The molecule has 2 rings (SSSR count). The average molecular weight is 354 g/mol. The van der Waals surface area contributed by atoms with E-state index in [0.29, 0.717) is 0 Å². The van der Waals surface area contributed by atoms with Gasteiger partial charge in [-0.25, -0.2) is 0 Å². The zero-order chi connectivity index (χ0) is 11.0. The number of carbonyl (C=O) groups is 1. The predicted molar refractivity (Wildman–Crippen MR) is 67.6 cm³/mol. The van der Waals surface area contributed by atoms with E-state index in [-0.39, 0.29) is 18.0 Å². The highest BCUT2D eigenvalue weighted by Gasteiger charge is 2.30. The van der Waals surface area contributed by atoms with Crippen LogP contribution in [-0.4, -0.2) is 18.0 Å². The van der Waals surface area contributed by atoms with E-state index in [1.165, 1.54) is 11.3 Å². The van der Waals surface area contributed by atoms with E-state index in [4.69, 9.17) is 4.74 Å². The molecule has 0 saturated carbocycles. The molecule has 0 radical (unpaired) electrons. The molecule has 1 fully saturated rings. The lowest BCUT2D eigenvalue weighted by Crippen LogP contribution is -2.20. The minimum absolute atomic E-state index is 0.0909. The smallest absolute Gasteiger partial charge is 0.193 e. The largest absolute Gasteiger partial charge is 0.367 e. The Hall–Kier alpha value is 0.290. The number of Topliss-reactive ketones (excluding diaryl/α,β-unsaturated/α-hetero) is 1. The van der Waals surface area contributed by atoms with Crippen LogP contribution in [0, 0.1) is 0 Å². The van der Waals surface area contributed by atoms with Gasteiger partial charge in [0.2, 0.25) is 0 Å². The van der Waals surface area contributed by atoms with Crippen LogP contribution in [0.4, 0.5) is 0 Å². The van der Waals surface area contributed by atoms with Crippen molar-refractivity contribution in [1.29, 1.82) is 0 Å². The summed E-state index contributed by atoms with van der Waals surface area (Å²) in [5, 5.41) is 0. The number of halogens is 2. The quantitative estimate of drug-likeness (QED) is 0.750. The van der Waals surface area contributed by atoms with Crippen molar-refractivity contribution in [3.05, 3.63) is 19.2 Å². The van der Waals surface area contributed by atoms with E-state index < -0.39 is 0 Å². The van der Waals surface area contributed by atoms with Crippen LogP contribution in [0.3, 0.4) is 0 Å². The molecule has 1 aromatic rings. The molecule has 0 aromatic carbocycles. The zero-order valence-corrected chi connectivity index (χ0v) is 12.1. The normalized spacial score (nSPS) is 25.8. The molecule has 2 unspecified atom stereocenters. The summed E-state index contributed by atoms with van der Waals surface area (Å²) in [5.41, 5.74) is 0.728. The second-order valence-corrected chi connectivity index (χ2v) is 7.36. The first-order chi connectivity index (χ1) is 7.08. The van der Waals surface area contributed by atoms with Crippen molar-refractivity contribution in [2.45, 2.75) is 32.0 Å². The fourth-order valence-corrected chi connectivity index (χ4v) is 4.49. The SMILES string of the molecule is CC1CCC(C(=O)c2cc(Br)sc2Br)O1. The van der Waals surface area contributed by atoms with Gasteiger partial charge in [-0.05, 0) is 57.7 Å². The second kappa shape index (κ2) is 4.65. The summed E-state index contributed by atoms with van der Waals surface area (Å²) in [6.45, 7) is 2.01. The molecular weight excluding hydrogens is 344 g/mol. The van der Waals surface area contributed by atoms with E-state index in [2.05, 4.69) is 31.9 Å². The second-order valence-electron chi connectivity index (χ2n) is 3.61. The van der Waals surface area contributed by atoms with Gasteiger partial charge in [0.25, 0.3) is 0 Å². The minimum atomic E-state index is -0.252. The van der Waals surface area contributed by atoms with Gasteiger partial charge in [-0.2, -0.15) is 0 Å². The third kappa shape index (κ3) is 2.52. The standard InChI is InChI=1S/C10H10Br2O2S/c1-5-2-3-7(14-5)9(13)6-4-8(11)15-10(6)12/h4-5,7H,2-3H2,1H3. The number of hydrogen-bond acceptors (Lipinski definition) is 3. The highest BCUT2D eigenvalue weighted by molar-refractivity contribution is 9.12. The van der Waals surface area contributed by atoms with Crippen LogP contribution in [0.2, 0.25) is 0 Å². The van der Waals surface area contributed by atoms with Crippen LogP contribution in [0.5, 0.6) is 0 Å². The third-order valence-electron chi connectivity index (χ3n) is 2.45. The van der Waals surface area contributed by atoms with Crippen molar-refractivity contribution in [2.75, 3.05) is 0 Å². The Labute approximate surface area is 109 Å². The molecular formula is C10H10Br2O2S. The summed E-state index contributed by atoms with van der Waals surface area (Å²) < 4.78 is 7.40. The van der Waals surface area contributed by atoms with Crippen LogP contribution >= 0.6 is 43.2 Å². The van der Waals surface area contributed by atoms with Gasteiger partial charge in [0, 0.05) is 5.56 Å². The van der Waals surface area contributed by atoms with Crippen molar-refractivity contribution >= 4 is 49.0 Å². The van der Waals surface area contributed by atoms with Crippen LogP contribution in [0.25, 0.3) is 0 Å². The summed E-state index contributed by atoms with van der Waals surface area (Å²) in [6, 6.07) is 1.85. The summed E-state index contributed by atoms with van der Waals surface area (Å²) in [7, 11) is 0. The molecule has 0 N–H and O–H groups in total. The van der Waals surface area contributed by atoms with Crippen LogP contribution < -0.4 is 0 Å². The Balaban J connectivity index is 2.17. The number of thiophene rings is 1. The molecule has 0 spiro atoms. The molecule has 1 aliphatic rings. The Kier molecular flexibility index (Phi) is 3.65. The monoisotopic (exact) mass is 352 g/mol. The van der Waals surface area contributed by atoms with Gasteiger partial charge in [-0.1, -0.05) is 0 Å². The summed E-state index contributed by atoms with van der Waals surface area (Å²) in [6.07, 6.45) is 1.76. The van der Waals surface area contributed by atoms with Gasteiger partial charge >= 0.3 is 0 Å². The summed E-state index contributed by atoms with van der Waals surface area (Å²) in [5.74, 6) is 0.0909. The van der Waals surface area contributed by atoms with Crippen molar-refractivity contribution in [2.24, 2.45) is 0 Å². The summed E-state index contributed by atoms with van der Waals surface area (Å²) >= 11 is 8.27. The summed E-state index contributed by atoms with van der Waals surface area (Å²) in [4.78, 5) is 12.1. The molecule has 0 amide bonds. The van der Waals surface area contributed by atoms with E-state index in [9.17, 15) is 4.79 Å². The maximum absolute atomic E-state index is 12.1. The first-order valence-corrected chi connectivity index (χ1v) is 7.12. The Morgan fingerprint density at radius 2 is 2.27 bits per heavy atom. The predicted octanol–water partition coefficient (Wildman–Crippen LogP) is 4.02. The molecule has 15 heavy (non-hydrogen) atoms. The molecule has 1 saturated heterocycles. The number of ketones is 1. The fraction of sp³-hybridized carbons (Fsp3) is 0.500. The Morgan fingerprint density at radius 1 is 1.53 bits per heavy atom. The maximum Gasteiger partial charge on any atom is 0.193 e. The van der Waals surface area contributed by atoms with E-state index in [0.717, 1.165) is 26.0 Å². The highest BCUT2D eigenvalue weighted by Crippen LogP contribution is 2.34. The minimum Gasteiger partial charge on any atom is -0.367 e. The molecule has 0 aliphatic carbocycles. The third-order valence-corrected chi connectivity index (χ3v) is 4.79. The van der Waals surface area contributed by atoms with Gasteiger partial charge in [0.05, 0.1) is 13.7 Å². The van der Waals surface area contributed by atoms with Gasteiger partial charge in [0.15, 0.2) is 5.78 Å². The van der Waals surface area contributed by atoms with Crippen molar-refractivity contribution in [3.8, 4) is 0 Å². The van der Waals surface area contributed by atoms with Crippen molar-refractivity contribution < 1.29 is 9.53 Å². The van der Waals surface area contributed by atoms with Crippen LogP contribution in [-0.2, 0) is 4.74 Å². The van der Waals surface area contributed by atoms with Gasteiger partial charge in [0.1, 0.15) is 6.10 Å².